The summed E-state index contributed by atoms with van der Waals surface area (Å²) >= 11 is 5.78. The summed E-state index contributed by atoms with van der Waals surface area (Å²) in [4.78, 5) is 11.7. The fourth-order valence-electron chi connectivity index (χ4n) is 1.74. The van der Waals surface area contributed by atoms with Gasteiger partial charge in [0.05, 0.1) is 7.11 Å². The van der Waals surface area contributed by atoms with Crippen LogP contribution in [0.25, 0.3) is 0 Å². The van der Waals surface area contributed by atoms with E-state index in [1.54, 1.807) is 0 Å². The Kier molecular flexibility index (Phi) is 4.63. The van der Waals surface area contributed by atoms with Crippen LogP contribution in [0.3, 0.4) is 0 Å². The smallest absolute Gasteiger partial charge is 0.329 e. The van der Waals surface area contributed by atoms with Gasteiger partial charge in [0.2, 0.25) is 5.28 Å². The van der Waals surface area contributed by atoms with Crippen LogP contribution in [0.15, 0.2) is 24.3 Å². The first-order chi connectivity index (χ1) is 9.94. The van der Waals surface area contributed by atoms with Gasteiger partial charge in [-0.05, 0) is 41.1 Å². The van der Waals surface area contributed by atoms with E-state index < -0.39 is 0 Å². The van der Waals surface area contributed by atoms with Crippen LogP contribution in [-0.4, -0.2) is 22.1 Å². The molecule has 0 spiro atoms. The predicted octanol–water partition coefficient (Wildman–Crippen LogP) is 4.01. The standard InChI is InChI=1S/C15H18ClN3O2/c1-5-15(2,3)10-6-8-11(9-7-10)21-14-18-12(16)17-13(19-14)20-4/h6-9H,5H2,1-4H3. The third kappa shape index (κ3) is 3.82. The van der Waals surface area contributed by atoms with Gasteiger partial charge in [-0.1, -0.05) is 32.9 Å². The number of hydrogen-bond donors (Lipinski definition) is 0. The summed E-state index contributed by atoms with van der Waals surface area (Å²) in [6, 6.07) is 8.08. The molecule has 2 rings (SSSR count). The molecule has 0 saturated carbocycles. The highest BCUT2D eigenvalue weighted by atomic mass is 35.5. The third-order valence-electron chi connectivity index (χ3n) is 3.48. The van der Waals surface area contributed by atoms with Crippen molar-refractivity contribution >= 4 is 11.6 Å². The Labute approximate surface area is 129 Å². The Morgan fingerprint density at radius 3 is 2.24 bits per heavy atom. The molecule has 0 unspecified atom stereocenters. The number of benzene rings is 1. The van der Waals surface area contributed by atoms with Gasteiger partial charge in [0.25, 0.3) is 0 Å². The van der Waals surface area contributed by atoms with Gasteiger partial charge in [-0.2, -0.15) is 9.97 Å². The third-order valence-corrected chi connectivity index (χ3v) is 3.65. The molecule has 0 atom stereocenters. The molecule has 1 aromatic heterocycles. The molecule has 6 heteroatoms. The molecule has 21 heavy (non-hydrogen) atoms. The molecular formula is C15H18ClN3O2. The average molecular weight is 308 g/mol. The second-order valence-corrected chi connectivity index (χ2v) is 5.58. The number of methoxy groups -OCH3 is 1. The van der Waals surface area contributed by atoms with Gasteiger partial charge in [-0.3, -0.25) is 0 Å². The zero-order chi connectivity index (χ0) is 15.5. The van der Waals surface area contributed by atoms with Crippen LogP contribution in [0.1, 0.15) is 32.8 Å². The van der Waals surface area contributed by atoms with Crippen LogP contribution in [0.2, 0.25) is 5.28 Å². The Morgan fingerprint density at radius 1 is 1.05 bits per heavy atom. The lowest BCUT2D eigenvalue weighted by atomic mass is 9.82. The van der Waals surface area contributed by atoms with Gasteiger partial charge in [-0.25, -0.2) is 0 Å². The lowest BCUT2D eigenvalue weighted by Crippen LogP contribution is -2.14. The van der Waals surface area contributed by atoms with Crippen LogP contribution >= 0.6 is 11.6 Å². The van der Waals surface area contributed by atoms with Crippen molar-refractivity contribution < 1.29 is 9.47 Å². The number of rotatable bonds is 5. The molecule has 1 aromatic carbocycles. The van der Waals surface area contributed by atoms with Crippen molar-refractivity contribution in [2.45, 2.75) is 32.6 Å². The van der Waals surface area contributed by atoms with Crippen molar-refractivity contribution in [2.24, 2.45) is 0 Å². The van der Waals surface area contributed by atoms with Crippen molar-refractivity contribution in [3.05, 3.63) is 35.1 Å². The fraction of sp³-hybridized carbons (Fsp3) is 0.400. The first kappa shape index (κ1) is 15.5. The van der Waals surface area contributed by atoms with E-state index in [4.69, 9.17) is 21.1 Å². The molecule has 112 valence electrons. The molecule has 5 nitrogen and oxygen atoms in total. The van der Waals surface area contributed by atoms with E-state index in [-0.39, 0.29) is 22.7 Å². The Hall–Kier alpha value is -1.88. The molecule has 0 N–H and O–H groups in total. The minimum atomic E-state index is 0.0283. The van der Waals surface area contributed by atoms with Gasteiger partial charge in [-0.15, -0.1) is 4.98 Å². The second-order valence-electron chi connectivity index (χ2n) is 5.24. The summed E-state index contributed by atoms with van der Waals surface area (Å²) in [5.74, 6) is 0.634. The maximum absolute atomic E-state index is 5.78. The van der Waals surface area contributed by atoms with Gasteiger partial charge in [0, 0.05) is 0 Å². The highest BCUT2D eigenvalue weighted by Crippen LogP contribution is 2.29. The normalized spacial score (nSPS) is 11.3. The number of aromatic nitrogens is 3. The number of ether oxygens (including phenoxy) is 2. The zero-order valence-electron chi connectivity index (χ0n) is 12.6. The van der Waals surface area contributed by atoms with E-state index in [2.05, 4.69) is 35.7 Å². The van der Waals surface area contributed by atoms with E-state index in [1.807, 2.05) is 24.3 Å². The van der Waals surface area contributed by atoms with Crippen LogP contribution in [0.4, 0.5) is 0 Å². The molecule has 0 saturated heterocycles. The molecule has 0 radical (unpaired) electrons. The maximum Gasteiger partial charge on any atom is 0.329 e. The number of halogens is 1. The topological polar surface area (TPSA) is 57.1 Å². The fourth-order valence-corrected chi connectivity index (χ4v) is 1.88. The van der Waals surface area contributed by atoms with E-state index in [1.165, 1.54) is 12.7 Å². The first-order valence-corrected chi connectivity index (χ1v) is 7.06. The van der Waals surface area contributed by atoms with Gasteiger partial charge < -0.3 is 9.47 Å². The van der Waals surface area contributed by atoms with Gasteiger partial charge >= 0.3 is 12.0 Å². The highest BCUT2D eigenvalue weighted by Gasteiger charge is 2.17. The highest BCUT2D eigenvalue weighted by molar-refractivity contribution is 6.28. The Morgan fingerprint density at radius 2 is 1.67 bits per heavy atom. The molecule has 2 aromatic rings. The molecule has 0 fully saturated rings. The Balaban J connectivity index is 2.19. The summed E-state index contributed by atoms with van der Waals surface area (Å²) in [6.45, 7) is 6.59. The molecule has 1 heterocycles. The summed E-state index contributed by atoms with van der Waals surface area (Å²) in [7, 11) is 1.46. The predicted molar refractivity (Wildman–Crippen MR) is 81.2 cm³/mol. The number of nitrogens with zero attached hydrogens (tertiary/aromatic N) is 3. The van der Waals surface area contributed by atoms with E-state index in [0.717, 1.165) is 6.42 Å². The lowest BCUT2D eigenvalue weighted by molar-refractivity contribution is 0.359. The van der Waals surface area contributed by atoms with E-state index >= 15 is 0 Å². The average Bonchev–Trinajstić information content (AvgIpc) is 2.47. The summed E-state index contributed by atoms with van der Waals surface area (Å²) in [6.07, 6.45) is 1.06. The van der Waals surface area contributed by atoms with Crippen LogP contribution in [0.5, 0.6) is 17.8 Å². The second kappa shape index (κ2) is 6.26. The summed E-state index contributed by atoms with van der Waals surface area (Å²) in [5.41, 5.74) is 1.39. The molecule has 0 aliphatic heterocycles. The summed E-state index contributed by atoms with van der Waals surface area (Å²) in [5, 5.41) is 0.0283. The maximum atomic E-state index is 5.78. The van der Waals surface area contributed by atoms with Crippen LogP contribution in [-0.2, 0) is 5.41 Å². The van der Waals surface area contributed by atoms with Crippen molar-refractivity contribution in [2.75, 3.05) is 7.11 Å². The molecule has 0 aliphatic carbocycles. The zero-order valence-corrected chi connectivity index (χ0v) is 13.3. The monoisotopic (exact) mass is 307 g/mol. The minimum absolute atomic E-state index is 0.0283. The van der Waals surface area contributed by atoms with E-state index in [0.29, 0.717) is 5.75 Å². The van der Waals surface area contributed by atoms with Gasteiger partial charge in [0.1, 0.15) is 5.75 Å². The summed E-state index contributed by atoms with van der Waals surface area (Å²) < 4.78 is 10.5. The molecule has 0 amide bonds. The SMILES string of the molecule is CCC(C)(C)c1ccc(Oc2nc(Cl)nc(OC)n2)cc1. The van der Waals surface area contributed by atoms with E-state index in [9.17, 15) is 0 Å². The van der Waals surface area contributed by atoms with Crippen molar-refractivity contribution in [1.29, 1.82) is 0 Å². The number of hydrogen-bond acceptors (Lipinski definition) is 5. The Bertz CT molecular complexity index is 615. The van der Waals surface area contributed by atoms with Crippen molar-refractivity contribution in [1.82, 2.24) is 15.0 Å². The van der Waals surface area contributed by atoms with Crippen LogP contribution in [0, 0.1) is 0 Å². The minimum Gasteiger partial charge on any atom is -0.467 e. The molecular weight excluding hydrogens is 290 g/mol. The van der Waals surface area contributed by atoms with Crippen LogP contribution < -0.4 is 9.47 Å². The first-order valence-electron chi connectivity index (χ1n) is 6.68. The van der Waals surface area contributed by atoms with Crippen molar-refractivity contribution in [3.63, 3.8) is 0 Å². The van der Waals surface area contributed by atoms with Gasteiger partial charge in [0.15, 0.2) is 0 Å². The molecule has 0 aliphatic rings. The molecule has 0 bridgehead atoms. The lowest BCUT2D eigenvalue weighted by Gasteiger charge is -2.23. The quantitative estimate of drug-likeness (QED) is 0.835. The van der Waals surface area contributed by atoms with Crippen molar-refractivity contribution in [3.8, 4) is 17.8 Å². The largest absolute Gasteiger partial charge is 0.467 e.